The molecule has 3 N–H and O–H groups in total. The first-order valence-corrected chi connectivity index (χ1v) is 5.05. The number of aliphatic hydroxyl groups excluding tert-OH is 1. The van der Waals surface area contributed by atoms with Crippen LogP contribution < -0.4 is 10.5 Å². The van der Waals surface area contributed by atoms with E-state index in [2.05, 4.69) is 0 Å². The summed E-state index contributed by atoms with van der Waals surface area (Å²) < 4.78 is 43.0. The van der Waals surface area contributed by atoms with E-state index in [0.717, 1.165) is 6.07 Å². The van der Waals surface area contributed by atoms with E-state index in [1.165, 1.54) is 19.1 Å². The van der Waals surface area contributed by atoms with Gasteiger partial charge in [0.15, 0.2) is 0 Å². The third-order valence-corrected chi connectivity index (χ3v) is 2.07. The molecule has 17 heavy (non-hydrogen) atoms. The van der Waals surface area contributed by atoms with Crippen LogP contribution in [0.4, 0.5) is 13.2 Å². The van der Waals surface area contributed by atoms with Gasteiger partial charge in [0.2, 0.25) is 0 Å². The molecule has 0 heterocycles. The van der Waals surface area contributed by atoms with Gasteiger partial charge in [-0.1, -0.05) is 6.07 Å². The Morgan fingerprint density at radius 3 is 2.53 bits per heavy atom. The summed E-state index contributed by atoms with van der Waals surface area (Å²) in [6.45, 7) is 1.27. The molecule has 0 radical (unpaired) electrons. The zero-order valence-corrected chi connectivity index (χ0v) is 9.29. The quantitative estimate of drug-likeness (QED) is 0.857. The van der Waals surface area contributed by atoms with Crippen molar-refractivity contribution in [2.45, 2.75) is 25.7 Å². The lowest BCUT2D eigenvalue weighted by Gasteiger charge is -2.15. The number of hydrogen-bond donors (Lipinski definition) is 2. The van der Waals surface area contributed by atoms with E-state index in [4.69, 9.17) is 15.6 Å². The van der Waals surface area contributed by atoms with E-state index >= 15 is 0 Å². The summed E-state index contributed by atoms with van der Waals surface area (Å²) in [6.07, 6.45) is -5.33. The van der Waals surface area contributed by atoms with Gasteiger partial charge in [-0.05, 0) is 24.6 Å². The summed E-state index contributed by atoms with van der Waals surface area (Å²) in [5, 5.41) is 8.98. The first-order valence-electron chi connectivity index (χ1n) is 5.05. The standard InChI is InChI=1S/C11H14F3NO2/c1-7(16)6-17-10-3-2-8(5-15)4-9(10)11(12,13)14/h2-4,7,16H,5-6,15H2,1H3. The lowest BCUT2D eigenvalue weighted by Crippen LogP contribution is -2.16. The predicted octanol–water partition coefficient (Wildman–Crippen LogP) is 1.92. The molecule has 0 bridgehead atoms. The number of hydrogen-bond acceptors (Lipinski definition) is 3. The van der Waals surface area contributed by atoms with Crippen LogP contribution in [0, 0.1) is 0 Å². The molecule has 1 atom stereocenters. The van der Waals surface area contributed by atoms with Crippen molar-refractivity contribution in [3.63, 3.8) is 0 Å². The Kier molecular flexibility index (Phi) is 4.36. The van der Waals surface area contributed by atoms with Crippen molar-refractivity contribution in [1.29, 1.82) is 0 Å². The van der Waals surface area contributed by atoms with Crippen molar-refractivity contribution in [2.75, 3.05) is 6.61 Å². The second-order valence-electron chi connectivity index (χ2n) is 3.69. The van der Waals surface area contributed by atoms with Crippen LogP contribution in [0.3, 0.4) is 0 Å². The monoisotopic (exact) mass is 249 g/mol. The largest absolute Gasteiger partial charge is 0.490 e. The first-order chi connectivity index (χ1) is 7.84. The van der Waals surface area contributed by atoms with E-state index in [0.29, 0.717) is 5.56 Å². The minimum Gasteiger partial charge on any atom is -0.490 e. The Hall–Kier alpha value is -1.27. The Morgan fingerprint density at radius 2 is 2.06 bits per heavy atom. The third-order valence-electron chi connectivity index (χ3n) is 2.07. The zero-order chi connectivity index (χ0) is 13.1. The summed E-state index contributed by atoms with van der Waals surface area (Å²) in [5.41, 5.74) is 4.79. The fourth-order valence-corrected chi connectivity index (χ4v) is 1.26. The molecule has 0 amide bonds. The molecule has 3 nitrogen and oxygen atoms in total. The lowest BCUT2D eigenvalue weighted by atomic mass is 10.1. The molecule has 6 heteroatoms. The fraction of sp³-hybridized carbons (Fsp3) is 0.455. The van der Waals surface area contributed by atoms with Gasteiger partial charge in [0, 0.05) is 6.54 Å². The van der Waals surface area contributed by atoms with Crippen LogP contribution in [-0.2, 0) is 12.7 Å². The molecule has 0 fully saturated rings. The average Bonchev–Trinajstić information content (AvgIpc) is 2.24. The van der Waals surface area contributed by atoms with Crippen molar-refractivity contribution in [3.05, 3.63) is 29.3 Å². The Balaban J connectivity index is 3.03. The molecule has 0 spiro atoms. The summed E-state index contributed by atoms with van der Waals surface area (Å²) in [4.78, 5) is 0. The molecule has 96 valence electrons. The van der Waals surface area contributed by atoms with Gasteiger partial charge in [-0.3, -0.25) is 0 Å². The number of rotatable bonds is 4. The molecule has 1 aromatic rings. The normalized spacial score (nSPS) is 13.5. The van der Waals surface area contributed by atoms with Crippen molar-refractivity contribution < 1.29 is 23.0 Å². The highest BCUT2D eigenvalue weighted by atomic mass is 19.4. The second-order valence-corrected chi connectivity index (χ2v) is 3.69. The summed E-state index contributed by atoms with van der Waals surface area (Å²) in [7, 11) is 0. The second kappa shape index (κ2) is 5.37. The highest BCUT2D eigenvalue weighted by Crippen LogP contribution is 2.36. The molecular weight excluding hydrogens is 235 g/mol. The predicted molar refractivity (Wildman–Crippen MR) is 56.5 cm³/mol. The molecule has 0 saturated carbocycles. The van der Waals surface area contributed by atoms with Gasteiger partial charge in [0.25, 0.3) is 0 Å². The van der Waals surface area contributed by atoms with Gasteiger partial charge >= 0.3 is 6.18 Å². The molecule has 0 saturated heterocycles. The number of aliphatic hydroxyl groups is 1. The van der Waals surface area contributed by atoms with E-state index in [1.54, 1.807) is 0 Å². The van der Waals surface area contributed by atoms with Gasteiger partial charge < -0.3 is 15.6 Å². The lowest BCUT2D eigenvalue weighted by molar-refractivity contribution is -0.139. The Bertz CT molecular complexity index is 377. The summed E-state index contributed by atoms with van der Waals surface area (Å²) >= 11 is 0. The van der Waals surface area contributed by atoms with Crippen molar-refractivity contribution >= 4 is 0 Å². The maximum atomic E-state index is 12.7. The van der Waals surface area contributed by atoms with Crippen molar-refractivity contribution in [1.82, 2.24) is 0 Å². The topological polar surface area (TPSA) is 55.5 Å². The van der Waals surface area contributed by atoms with Gasteiger partial charge in [0.05, 0.1) is 11.7 Å². The van der Waals surface area contributed by atoms with Gasteiger partial charge in [-0.2, -0.15) is 13.2 Å². The van der Waals surface area contributed by atoms with Crippen LogP contribution >= 0.6 is 0 Å². The van der Waals surface area contributed by atoms with E-state index in [1.807, 2.05) is 0 Å². The third kappa shape index (κ3) is 3.90. The van der Waals surface area contributed by atoms with Crippen LogP contribution in [0.25, 0.3) is 0 Å². The van der Waals surface area contributed by atoms with Gasteiger partial charge in [-0.15, -0.1) is 0 Å². The maximum absolute atomic E-state index is 12.7. The summed E-state index contributed by atoms with van der Waals surface area (Å²) in [5.74, 6) is -0.296. The minimum absolute atomic E-state index is 0.0275. The van der Waals surface area contributed by atoms with Crippen LogP contribution in [0.1, 0.15) is 18.1 Å². The van der Waals surface area contributed by atoms with Crippen LogP contribution in [-0.4, -0.2) is 17.8 Å². The van der Waals surface area contributed by atoms with E-state index < -0.39 is 17.8 Å². The first kappa shape index (κ1) is 13.8. The number of halogens is 3. The van der Waals surface area contributed by atoms with E-state index in [-0.39, 0.29) is 18.9 Å². The number of nitrogens with two attached hydrogens (primary N) is 1. The molecular formula is C11H14F3NO2. The molecule has 0 aliphatic heterocycles. The highest BCUT2D eigenvalue weighted by Gasteiger charge is 2.34. The van der Waals surface area contributed by atoms with E-state index in [9.17, 15) is 13.2 Å². The minimum atomic E-state index is -4.50. The molecule has 1 rings (SSSR count). The maximum Gasteiger partial charge on any atom is 0.419 e. The smallest absolute Gasteiger partial charge is 0.419 e. The average molecular weight is 249 g/mol. The molecule has 0 aromatic heterocycles. The highest BCUT2D eigenvalue weighted by molar-refractivity contribution is 5.39. The summed E-state index contributed by atoms with van der Waals surface area (Å²) in [6, 6.07) is 3.64. The van der Waals surface area contributed by atoms with Gasteiger partial charge in [0.1, 0.15) is 12.4 Å². The molecule has 1 aromatic carbocycles. The fourth-order valence-electron chi connectivity index (χ4n) is 1.26. The zero-order valence-electron chi connectivity index (χ0n) is 9.29. The van der Waals surface area contributed by atoms with Crippen molar-refractivity contribution in [2.24, 2.45) is 5.73 Å². The van der Waals surface area contributed by atoms with Crippen molar-refractivity contribution in [3.8, 4) is 5.75 Å². The Labute approximate surface area is 97.0 Å². The van der Waals surface area contributed by atoms with Gasteiger partial charge in [-0.25, -0.2) is 0 Å². The molecule has 0 aliphatic rings. The van der Waals surface area contributed by atoms with Crippen LogP contribution in [0.2, 0.25) is 0 Å². The SMILES string of the molecule is CC(O)COc1ccc(CN)cc1C(F)(F)F. The van der Waals surface area contributed by atoms with Crippen LogP contribution in [0.5, 0.6) is 5.75 Å². The molecule has 1 unspecified atom stereocenters. The van der Waals surface area contributed by atoms with Crippen LogP contribution in [0.15, 0.2) is 18.2 Å². The number of ether oxygens (including phenoxy) is 1. The number of alkyl halides is 3. The Morgan fingerprint density at radius 1 is 1.41 bits per heavy atom. The number of benzene rings is 1. The molecule has 0 aliphatic carbocycles.